The number of halogens is 1. The van der Waals surface area contributed by atoms with Gasteiger partial charge in [0.2, 0.25) is 0 Å². The first-order valence-corrected chi connectivity index (χ1v) is 8.41. The van der Waals surface area contributed by atoms with E-state index < -0.39 is 0 Å². The van der Waals surface area contributed by atoms with Gasteiger partial charge in [-0.25, -0.2) is 4.39 Å². The molecule has 0 bridgehead atoms. The number of hydrogen-bond acceptors (Lipinski definition) is 3. The highest BCUT2D eigenvalue weighted by molar-refractivity contribution is 6.08. The number of ether oxygens (including phenoxy) is 1. The fourth-order valence-corrected chi connectivity index (χ4v) is 3.23. The molecule has 26 heavy (non-hydrogen) atoms. The molecule has 1 amide bonds. The number of aromatic nitrogens is 2. The molecule has 2 heterocycles. The van der Waals surface area contributed by atoms with Gasteiger partial charge in [-0.3, -0.25) is 9.48 Å². The number of nitrogens with one attached hydrogen (secondary N) is 1. The van der Waals surface area contributed by atoms with Crippen molar-refractivity contribution in [2.45, 2.75) is 13.0 Å². The van der Waals surface area contributed by atoms with Crippen LogP contribution in [0.25, 0.3) is 11.3 Å². The Morgan fingerprint density at radius 1 is 1.27 bits per heavy atom. The maximum atomic E-state index is 13.6. The van der Waals surface area contributed by atoms with Crippen LogP contribution in [-0.2, 0) is 24.8 Å². The first-order chi connectivity index (χ1) is 12.6. The molecule has 1 aromatic heterocycles. The van der Waals surface area contributed by atoms with Crippen LogP contribution in [0, 0.1) is 5.82 Å². The van der Waals surface area contributed by atoms with Crippen molar-refractivity contribution in [2.75, 3.05) is 11.9 Å². The molecule has 0 unspecified atom stereocenters. The van der Waals surface area contributed by atoms with Gasteiger partial charge in [0.15, 0.2) is 0 Å². The third-order valence-corrected chi connectivity index (χ3v) is 4.45. The molecule has 0 spiro atoms. The first-order valence-electron chi connectivity index (χ1n) is 8.41. The first kappa shape index (κ1) is 16.5. The van der Waals surface area contributed by atoms with Gasteiger partial charge in [0.05, 0.1) is 18.8 Å². The maximum absolute atomic E-state index is 13.6. The zero-order chi connectivity index (χ0) is 18.1. The summed E-state index contributed by atoms with van der Waals surface area (Å²) in [6, 6.07) is 11.9. The Hall–Kier alpha value is -2.99. The van der Waals surface area contributed by atoms with Crippen molar-refractivity contribution in [1.29, 1.82) is 0 Å². The van der Waals surface area contributed by atoms with Gasteiger partial charge in [-0.1, -0.05) is 24.3 Å². The van der Waals surface area contributed by atoms with Crippen LogP contribution in [-0.4, -0.2) is 22.3 Å². The molecule has 0 saturated carbocycles. The number of nitrogens with zero attached hydrogens (tertiary/aromatic N) is 2. The molecule has 132 valence electrons. The van der Waals surface area contributed by atoms with Crippen molar-refractivity contribution in [3.63, 3.8) is 0 Å². The van der Waals surface area contributed by atoms with Crippen molar-refractivity contribution in [1.82, 2.24) is 9.78 Å². The molecule has 0 atom stereocenters. The van der Waals surface area contributed by atoms with E-state index in [2.05, 4.69) is 10.4 Å². The van der Waals surface area contributed by atoms with E-state index in [1.165, 1.54) is 12.1 Å². The molecule has 0 radical (unpaired) electrons. The topological polar surface area (TPSA) is 56.2 Å². The molecule has 6 heteroatoms. The van der Waals surface area contributed by atoms with Crippen molar-refractivity contribution in [3.8, 4) is 11.3 Å². The summed E-state index contributed by atoms with van der Waals surface area (Å²) in [6.07, 6.45) is 2.41. The number of amides is 1. The standard InChI is InChI=1S/C20H18FN3O2/c1-24-11-17(19(23-24)13-4-2-6-15(21)10-13)20(25)22-18-7-3-5-14-12-26-9-8-16(14)18/h2-7,10-11H,8-9,12H2,1H3,(H,22,25). The maximum Gasteiger partial charge on any atom is 0.259 e. The fraction of sp³-hybridized carbons (Fsp3) is 0.200. The van der Waals surface area contributed by atoms with Crippen LogP contribution >= 0.6 is 0 Å². The van der Waals surface area contributed by atoms with Crippen LogP contribution in [0.15, 0.2) is 48.7 Å². The summed E-state index contributed by atoms with van der Waals surface area (Å²) in [7, 11) is 1.74. The summed E-state index contributed by atoms with van der Waals surface area (Å²) >= 11 is 0. The van der Waals surface area contributed by atoms with E-state index in [4.69, 9.17) is 4.74 Å². The van der Waals surface area contributed by atoms with E-state index in [1.807, 2.05) is 18.2 Å². The van der Waals surface area contributed by atoms with Crippen LogP contribution < -0.4 is 5.32 Å². The van der Waals surface area contributed by atoms with Crippen LogP contribution in [0.3, 0.4) is 0 Å². The monoisotopic (exact) mass is 351 g/mol. The summed E-state index contributed by atoms with van der Waals surface area (Å²) in [5, 5.41) is 7.32. The Morgan fingerprint density at radius 3 is 2.96 bits per heavy atom. The highest BCUT2D eigenvalue weighted by Gasteiger charge is 2.20. The Bertz CT molecular complexity index is 981. The summed E-state index contributed by atoms with van der Waals surface area (Å²) in [5.74, 6) is -0.631. The molecule has 0 fully saturated rings. The van der Waals surface area contributed by atoms with Crippen molar-refractivity contribution in [2.24, 2.45) is 7.05 Å². The van der Waals surface area contributed by atoms with Gasteiger partial charge in [-0.05, 0) is 35.7 Å². The smallest absolute Gasteiger partial charge is 0.259 e. The Morgan fingerprint density at radius 2 is 2.12 bits per heavy atom. The van der Waals surface area contributed by atoms with Crippen LogP contribution in [0.4, 0.5) is 10.1 Å². The van der Waals surface area contributed by atoms with Crippen LogP contribution in [0.5, 0.6) is 0 Å². The predicted octanol–water partition coefficient (Wildman–Crippen LogP) is 3.55. The third kappa shape index (κ3) is 3.11. The molecule has 1 aliphatic rings. The van der Waals surface area contributed by atoms with Crippen molar-refractivity contribution in [3.05, 3.63) is 71.2 Å². The molecule has 0 aliphatic carbocycles. The van der Waals surface area contributed by atoms with Crippen LogP contribution in [0.2, 0.25) is 0 Å². The van der Waals surface area contributed by atoms with E-state index in [1.54, 1.807) is 30.1 Å². The van der Waals surface area contributed by atoms with Gasteiger partial charge in [0.25, 0.3) is 5.91 Å². The number of rotatable bonds is 3. The summed E-state index contributed by atoms with van der Waals surface area (Å²) < 4.78 is 20.6. The van der Waals surface area contributed by atoms with Gasteiger partial charge in [0.1, 0.15) is 11.5 Å². The van der Waals surface area contributed by atoms with Crippen molar-refractivity contribution < 1.29 is 13.9 Å². The van der Waals surface area contributed by atoms with E-state index in [9.17, 15) is 9.18 Å². The Labute approximate surface area is 150 Å². The lowest BCUT2D eigenvalue weighted by molar-refractivity contribution is 0.102. The van der Waals surface area contributed by atoms with E-state index in [-0.39, 0.29) is 11.7 Å². The highest BCUT2D eigenvalue weighted by atomic mass is 19.1. The SMILES string of the molecule is Cn1cc(C(=O)Nc2cccc3c2CCOC3)c(-c2cccc(F)c2)n1. The molecule has 5 nitrogen and oxygen atoms in total. The summed E-state index contributed by atoms with van der Waals surface area (Å²) in [6.45, 7) is 1.20. The van der Waals surface area contributed by atoms with Gasteiger partial charge >= 0.3 is 0 Å². The number of aryl methyl sites for hydroxylation is 1. The number of carbonyl (C=O) groups excluding carboxylic acids is 1. The minimum Gasteiger partial charge on any atom is -0.376 e. The number of hydrogen-bond donors (Lipinski definition) is 1. The van der Waals surface area contributed by atoms with E-state index in [0.717, 1.165) is 23.2 Å². The lowest BCUT2D eigenvalue weighted by atomic mass is 10.0. The molecule has 3 aromatic rings. The normalized spacial score (nSPS) is 13.3. The molecule has 4 rings (SSSR count). The number of benzene rings is 2. The Kier molecular flexibility index (Phi) is 4.26. The van der Waals surface area contributed by atoms with Gasteiger partial charge < -0.3 is 10.1 Å². The second-order valence-corrected chi connectivity index (χ2v) is 6.28. The zero-order valence-corrected chi connectivity index (χ0v) is 14.3. The average Bonchev–Trinajstić information content (AvgIpc) is 3.04. The number of anilines is 1. The van der Waals surface area contributed by atoms with E-state index >= 15 is 0 Å². The molecule has 1 aliphatic heterocycles. The fourth-order valence-electron chi connectivity index (χ4n) is 3.23. The average molecular weight is 351 g/mol. The molecular weight excluding hydrogens is 333 g/mol. The minimum atomic E-state index is -0.364. The summed E-state index contributed by atoms with van der Waals surface area (Å²) in [4.78, 5) is 12.9. The minimum absolute atomic E-state index is 0.266. The second-order valence-electron chi connectivity index (χ2n) is 6.28. The zero-order valence-electron chi connectivity index (χ0n) is 14.3. The van der Waals surface area contributed by atoms with Crippen molar-refractivity contribution >= 4 is 11.6 Å². The number of fused-ring (bicyclic) bond motifs is 1. The molecule has 2 aromatic carbocycles. The number of carbonyl (C=O) groups is 1. The third-order valence-electron chi connectivity index (χ3n) is 4.45. The van der Waals surface area contributed by atoms with Gasteiger partial charge in [-0.2, -0.15) is 5.10 Å². The van der Waals surface area contributed by atoms with Crippen LogP contribution in [0.1, 0.15) is 21.5 Å². The van der Waals surface area contributed by atoms with Gasteiger partial charge in [-0.15, -0.1) is 0 Å². The van der Waals surface area contributed by atoms with E-state index in [0.29, 0.717) is 30.0 Å². The molecule has 1 N–H and O–H groups in total. The Balaban J connectivity index is 1.68. The quantitative estimate of drug-likeness (QED) is 0.785. The molecular formula is C20H18FN3O2. The second kappa shape index (κ2) is 6.72. The highest BCUT2D eigenvalue weighted by Crippen LogP contribution is 2.27. The van der Waals surface area contributed by atoms with Gasteiger partial charge in [0, 0.05) is 24.5 Å². The molecule has 0 saturated heterocycles. The summed E-state index contributed by atoms with van der Waals surface area (Å²) in [5.41, 5.74) is 4.40. The lowest BCUT2D eigenvalue weighted by Crippen LogP contribution is -2.17. The lowest BCUT2D eigenvalue weighted by Gasteiger charge is -2.20. The predicted molar refractivity (Wildman–Crippen MR) is 96.4 cm³/mol. The largest absolute Gasteiger partial charge is 0.376 e.